The van der Waals surface area contributed by atoms with Crippen molar-refractivity contribution in [2.45, 2.75) is 48.0 Å². The zero-order chi connectivity index (χ0) is 10.4. The van der Waals surface area contributed by atoms with Gasteiger partial charge in [0.25, 0.3) is 0 Å². The van der Waals surface area contributed by atoms with Gasteiger partial charge in [0.2, 0.25) is 0 Å². The lowest BCUT2D eigenvalue weighted by Crippen LogP contribution is -1.87. The Morgan fingerprint density at radius 2 is 1.58 bits per heavy atom. The molecule has 0 unspecified atom stereocenters. The van der Waals surface area contributed by atoms with Crippen LogP contribution in [0.15, 0.2) is 11.1 Å². The first kappa shape index (κ1) is 17.8. The molecule has 76 valence electrons. The Hall–Kier alpha value is -0.110. The molecular formula is C10H25NS. The first-order valence-electron chi connectivity index (χ1n) is 4.72. The fraction of sp³-hybridized carbons (Fsp3) is 0.800. The molecule has 0 aliphatic carbocycles. The molecule has 2 heteroatoms. The minimum Gasteiger partial charge on any atom is -0.402 e. The summed E-state index contributed by atoms with van der Waals surface area (Å²) in [6.45, 7) is 12.2. The molecule has 0 bridgehead atoms. The van der Waals surface area contributed by atoms with Crippen molar-refractivity contribution in [1.29, 1.82) is 0 Å². The quantitative estimate of drug-likeness (QED) is 0.714. The number of thioether (sulfide) groups is 1. The van der Waals surface area contributed by atoms with Crippen molar-refractivity contribution in [2.75, 3.05) is 5.75 Å². The van der Waals surface area contributed by atoms with Crippen LogP contribution in [0.4, 0.5) is 0 Å². The summed E-state index contributed by atoms with van der Waals surface area (Å²) in [5, 5.41) is 1.96. The van der Waals surface area contributed by atoms with Gasteiger partial charge in [-0.2, -0.15) is 0 Å². The van der Waals surface area contributed by atoms with E-state index in [9.17, 15) is 0 Å². The monoisotopic (exact) mass is 191 g/mol. The van der Waals surface area contributed by atoms with Crippen LogP contribution in [-0.4, -0.2) is 5.75 Å². The van der Waals surface area contributed by atoms with E-state index in [2.05, 4.69) is 20.8 Å². The van der Waals surface area contributed by atoms with Gasteiger partial charge in [-0.25, -0.2) is 0 Å². The third kappa shape index (κ3) is 51.7. The van der Waals surface area contributed by atoms with Gasteiger partial charge < -0.3 is 5.73 Å². The minimum absolute atomic E-state index is 0.895. The largest absolute Gasteiger partial charge is 0.402 e. The van der Waals surface area contributed by atoms with Gasteiger partial charge in [0, 0.05) is 5.70 Å². The summed E-state index contributed by atoms with van der Waals surface area (Å²) >= 11 is 1.73. The van der Waals surface area contributed by atoms with Gasteiger partial charge in [-0.1, -0.05) is 41.0 Å². The zero-order valence-corrected chi connectivity index (χ0v) is 10.3. The molecule has 0 atom stereocenters. The van der Waals surface area contributed by atoms with Crippen LogP contribution in [0.2, 0.25) is 0 Å². The standard InChI is InChI=1S/C5H11NS.C3H8.C2H6/c1-3-7-4-5(2)6;1-3-2;1-2/h4H,3,6H2,1-2H3;3H2,1-2H3;1-2H3/b5-4-;;. The fourth-order valence-corrected chi connectivity index (χ4v) is 0.644. The normalized spacial score (nSPS) is 9.00. The van der Waals surface area contributed by atoms with E-state index in [0.29, 0.717) is 0 Å². The van der Waals surface area contributed by atoms with Crippen molar-refractivity contribution in [3.8, 4) is 0 Å². The van der Waals surface area contributed by atoms with Gasteiger partial charge in [0.05, 0.1) is 0 Å². The summed E-state index contributed by atoms with van der Waals surface area (Å²) < 4.78 is 0. The number of rotatable bonds is 2. The lowest BCUT2D eigenvalue weighted by Gasteiger charge is -1.85. The van der Waals surface area contributed by atoms with Crippen LogP contribution in [0.3, 0.4) is 0 Å². The molecule has 0 aliphatic rings. The molecule has 0 aromatic heterocycles. The Bertz CT molecular complexity index is 75.9. The SMILES string of the molecule is CC.CCC.CCS/C=C(/C)N. The average molecular weight is 191 g/mol. The van der Waals surface area contributed by atoms with E-state index in [1.54, 1.807) is 11.8 Å². The average Bonchev–Trinajstić information content (AvgIpc) is 2.06. The molecule has 0 saturated carbocycles. The van der Waals surface area contributed by atoms with Crippen molar-refractivity contribution in [3.05, 3.63) is 11.1 Å². The number of hydrogen-bond donors (Lipinski definition) is 1. The van der Waals surface area contributed by atoms with Crippen LogP contribution in [0, 0.1) is 0 Å². The first-order valence-corrected chi connectivity index (χ1v) is 5.77. The topological polar surface area (TPSA) is 26.0 Å². The zero-order valence-electron chi connectivity index (χ0n) is 9.48. The molecule has 0 aromatic rings. The molecule has 0 spiro atoms. The maximum Gasteiger partial charge on any atom is 0.0113 e. The molecule has 0 saturated heterocycles. The molecular weight excluding hydrogens is 166 g/mol. The highest BCUT2D eigenvalue weighted by Crippen LogP contribution is 2.00. The second-order valence-corrected chi connectivity index (χ2v) is 3.17. The predicted molar refractivity (Wildman–Crippen MR) is 63.4 cm³/mol. The molecule has 0 aliphatic heterocycles. The highest BCUT2D eigenvalue weighted by Gasteiger charge is 1.73. The Morgan fingerprint density at radius 1 is 1.25 bits per heavy atom. The molecule has 0 aromatic carbocycles. The third-order valence-corrected chi connectivity index (χ3v) is 1.31. The van der Waals surface area contributed by atoms with Crippen LogP contribution in [-0.2, 0) is 0 Å². The molecule has 1 nitrogen and oxygen atoms in total. The molecule has 0 amide bonds. The summed E-state index contributed by atoms with van der Waals surface area (Å²) in [7, 11) is 0. The second kappa shape index (κ2) is 22.4. The van der Waals surface area contributed by atoms with E-state index in [1.807, 2.05) is 26.2 Å². The second-order valence-electron chi connectivity index (χ2n) is 2.02. The van der Waals surface area contributed by atoms with Crippen LogP contribution >= 0.6 is 11.8 Å². The lowest BCUT2D eigenvalue weighted by atomic mass is 10.6. The van der Waals surface area contributed by atoms with E-state index in [0.717, 1.165) is 11.4 Å². The van der Waals surface area contributed by atoms with Gasteiger partial charge in [0.15, 0.2) is 0 Å². The third-order valence-electron chi connectivity index (χ3n) is 0.436. The van der Waals surface area contributed by atoms with Crippen molar-refractivity contribution in [3.63, 3.8) is 0 Å². The molecule has 12 heavy (non-hydrogen) atoms. The van der Waals surface area contributed by atoms with Crippen LogP contribution in [0.25, 0.3) is 0 Å². The Labute approximate surface area is 82.8 Å². The minimum atomic E-state index is 0.895. The van der Waals surface area contributed by atoms with E-state index in [-0.39, 0.29) is 0 Å². The first-order chi connectivity index (χ1) is 5.68. The Balaban J connectivity index is -0.000000137. The lowest BCUT2D eigenvalue weighted by molar-refractivity contribution is 1.09. The van der Waals surface area contributed by atoms with Crippen molar-refractivity contribution < 1.29 is 0 Å². The van der Waals surface area contributed by atoms with Crippen LogP contribution in [0.5, 0.6) is 0 Å². The van der Waals surface area contributed by atoms with Gasteiger partial charge in [-0.15, -0.1) is 11.8 Å². The number of nitrogens with two attached hydrogens (primary N) is 1. The van der Waals surface area contributed by atoms with E-state index >= 15 is 0 Å². The molecule has 0 rings (SSSR count). The smallest absolute Gasteiger partial charge is 0.0113 e. The molecule has 2 N–H and O–H groups in total. The van der Waals surface area contributed by atoms with E-state index < -0.39 is 0 Å². The predicted octanol–water partition coefficient (Wildman–Crippen LogP) is 4.00. The maximum absolute atomic E-state index is 5.32. The molecule has 0 radical (unpaired) electrons. The highest BCUT2D eigenvalue weighted by molar-refractivity contribution is 8.02. The van der Waals surface area contributed by atoms with Crippen molar-refractivity contribution >= 4 is 11.8 Å². The summed E-state index contributed by atoms with van der Waals surface area (Å²) in [4.78, 5) is 0. The van der Waals surface area contributed by atoms with Gasteiger partial charge in [-0.05, 0) is 18.1 Å². The Kier molecular flexibility index (Phi) is 33.4. The van der Waals surface area contributed by atoms with Crippen molar-refractivity contribution in [1.82, 2.24) is 0 Å². The van der Waals surface area contributed by atoms with Gasteiger partial charge in [0.1, 0.15) is 0 Å². The number of hydrogen-bond acceptors (Lipinski definition) is 2. The van der Waals surface area contributed by atoms with Crippen molar-refractivity contribution in [2.24, 2.45) is 5.73 Å². The summed E-state index contributed by atoms with van der Waals surface area (Å²) in [5.74, 6) is 1.11. The summed E-state index contributed by atoms with van der Waals surface area (Å²) in [5.41, 5.74) is 6.21. The van der Waals surface area contributed by atoms with E-state index in [1.165, 1.54) is 6.42 Å². The molecule has 0 heterocycles. The summed E-state index contributed by atoms with van der Waals surface area (Å²) in [6, 6.07) is 0. The fourth-order valence-electron chi connectivity index (χ4n) is 0.215. The van der Waals surface area contributed by atoms with Crippen LogP contribution < -0.4 is 5.73 Å². The van der Waals surface area contributed by atoms with Gasteiger partial charge >= 0.3 is 0 Å². The maximum atomic E-state index is 5.32. The summed E-state index contributed by atoms with van der Waals surface area (Å²) in [6.07, 6.45) is 1.25. The van der Waals surface area contributed by atoms with Gasteiger partial charge in [-0.3, -0.25) is 0 Å². The highest BCUT2D eigenvalue weighted by atomic mass is 32.2. The van der Waals surface area contributed by atoms with Crippen LogP contribution in [0.1, 0.15) is 48.0 Å². The van der Waals surface area contributed by atoms with E-state index in [4.69, 9.17) is 5.73 Å². The molecule has 0 fully saturated rings. The number of allylic oxidation sites excluding steroid dienone is 1. The Morgan fingerprint density at radius 3 is 1.67 bits per heavy atom.